The van der Waals surface area contributed by atoms with Crippen LogP contribution in [0.5, 0.6) is 5.75 Å². The summed E-state index contributed by atoms with van der Waals surface area (Å²) in [7, 11) is 0. The van der Waals surface area contributed by atoms with Gasteiger partial charge in [-0.1, -0.05) is 49.5 Å². The highest BCUT2D eigenvalue weighted by Crippen LogP contribution is 2.31. The van der Waals surface area contributed by atoms with E-state index >= 15 is 0 Å². The maximum atomic E-state index is 11.6. The fraction of sp³-hybridized carbons (Fsp3) is 0.375. The summed E-state index contributed by atoms with van der Waals surface area (Å²) >= 11 is 11.7. The predicted molar refractivity (Wildman–Crippen MR) is 86.3 cm³/mol. The first kappa shape index (κ1) is 18.5. The van der Waals surface area contributed by atoms with E-state index in [0.29, 0.717) is 12.5 Å². The van der Waals surface area contributed by atoms with Crippen LogP contribution in [-0.2, 0) is 14.3 Å². The molecule has 0 aromatic heterocycles. The molecule has 0 spiro atoms. The van der Waals surface area contributed by atoms with Crippen LogP contribution >= 0.6 is 23.2 Å². The van der Waals surface area contributed by atoms with Crippen molar-refractivity contribution in [1.29, 1.82) is 0 Å². The molecule has 1 aromatic rings. The molecule has 22 heavy (non-hydrogen) atoms. The SMILES string of the molecule is CCCC(C)COC(=O)/C=C/C(=O)Oc1cccc(Cl)c1Cl. The highest BCUT2D eigenvalue weighted by Gasteiger charge is 2.09. The maximum absolute atomic E-state index is 11.6. The quantitative estimate of drug-likeness (QED) is 0.417. The molecule has 4 nitrogen and oxygen atoms in total. The Labute approximate surface area is 140 Å². The molecule has 120 valence electrons. The number of esters is 2. The average Bonchev–Trinajstić information content (AvgIpc) is 2.48. The molecule has 0 aliphatic carbocycles. The standard InChI is InChI=1S/C16H18Cl2O4/c1-3-5-11(2)10-21-14(19)8-9-15(20)22-13-7-4-6-12(17)16(13)18/h4,6-9,11H,3,5,10H2,1-2H3/b9-8+. The Morgan fingerprint density at radius 3 is 2.59 bits per heavy atom. The van der Waals surface area contributed by atoms with Crippen LogP contribution in [0.25, 0.3) is 0 Å². The van der Waals surface area contributed by atoms with Gasteiger partial charge in [-0.25, -0.2) is 9.59 Å². The number of carbonyl (C=O) groups is 2. The Morgan fingerprint density at radius 2 is 1.91 bits per heavy atom. The van der Waals surface area contributed by atoms with Gasteiger partial charge < -0.3 is 9.47 Å². The molecule has 1 atom stereocenters. The maximum Gasteiger partial charge on any atom is 0.336 e. The monoisotopic (exact) mass is 344 g/mol. The van der Waals surface area contributed by atoms with Crippen LogP contribution in [0.2, 0.25) is 10.0 Å². The number of halogens is 2. The minimum atomic E-state index is -0.734. The molecule has 0 fully saturated rings. The van der Waals surface area contributed by atoms with Crippen molar-refractivity contribution in [3.05, 3.63) is 40.4 Å². The molecular formula is C16H18Cl2O4. The zero-order valence-electron chi connectivity index (χ0n) is 12.5. The first-order valence-electron chi connectivity index (χ1n) is 6.94. The van der Waals surface area contributed by atoms with Gasteiger partial charge in [0.15, 0.2) is 5.75 Å². The van der Waals surface area contributed by atoms with Crippen molar-refractivity contribution in [3.63, 3.8) is 0 Å². The van der Waals surface area contributed by atoms with E-state index in [2.05, 4.69) is 6.92 Å². The molecule has 0 amide bonds. The van der Waals surface area contributed by atoms with Crippen LogP contribution in [0.3, 0.4) is 0 Å². The van der Waals surface area contributed by atoms with Crippen molar-refractivity contribution in [3.8, 4) is 5.75 Å². The lowest BCUT2D eigenvalue weighted by atomic mass is 10.1. The van der Waals surface area contributed by atoms with E-state index in [1.54, 1.807) is 12.1 Å². The van der Waals surface area contributed by atoms with Gasteiger partial charge in [-0.2, -0.15) is 0 Å². The van der Waals surface area contributed by atoms with Gasteiger partial charge in [-0.15, -0.1) is 0 Å². The lowest BCUT2D eigenvalue weighted by molar-refractivity contribution is -0.139. The Kier molecular flexibility index (Phi) is 7.99. The van der Waals surface area contributed by atoms with Gasteiger partial charge in [-0.3, -0.25) is 0 Å². The Hall–Kier alpha value is -1.52. The molecule has 0 radical (unpaired) electrons. The summed E-state index contributed by atoms with van der Waals surface area (Å²) < 4.78 is 10.0. The number of benzene rings is 1. The lowest BCUT2D eigenvalue weighted by Gasteiger charge is -2.09. The smallest absolute Gasteiger partial charge is 0.336 e. The van der Waals surface area contributed by atoms with Gasteiger partial charge in [0.1, 0.15) is 5.02 Å². The molecular weight excluding hydrogens is 327 g/mol. The summed E-state index contributed by atoms with van der Waals surface area (Å²) in [5.74, 6) is -0.895. The first-order chi connectivity index (χ1) is 10.4. The van der Waals surface area contributed by atoms with Crippen LogP contribution in [0.15, 0.2) is 30.4 Å². The molecule has 0 bridgehead atoms. The van der Waals surface area contributed by atoms with E-state index in [4.69, 9.17) is 32.7 Å². The number of carbonyl (C=O) groups excluding carboxylic acids is 2. The summed E-state index contributed by atoms with van der Waals surface area (Å²) in [6.07, 6.45) is 4.02. The van der Waals surface area contributed by atoms with Crippen molar-refractivity contribution >= 4 is 35.1 Å². The van der Waals surface area contributed by atoms with Gasteiger partial charge in [-0.05, 0) is 24.5 Å². The average molecular weight is 345 g/mol. The highest BCUT2D eigenvalue weighted by molar-refractivity contribution is 6.43. The molecule has 0 N–H and O–H groups in total. The predicted octanol–water partition coefficient (Wildman–Crippen LogP) is 4.43. The van der Waals surface area contributed by atoms with Crippen molar-refractivity contribution in [2.45, 2.75) is 26.7 Å². The molecule has 0 saturated heterocycles. The van der Waals surface area contributed by atoms with Crippen LogP contribution in [0.1, 0.15) is 26.7 Å². The summed E-state index contributed by atoms with van der Waals surface area (Å²) in [6, 6.07) is 4.68. The minimum absolute atomic E-state index is 0.133. The van der Waals surface area contributed by atoms with Gasteiger partial charge >= 0.3 is 11.9 Å². The van der Waals surface area contributed by atoms with E-state index in [1.807, 2.05) is 6.92 Å². The summed E-state index contributed by atoms with van der Waals surface area (Å²) in [5.41, 5.74) is 0. The van der Waals surface area contributed by atoms with Gasteiger partial charge in [0.05, 0.1) is 11.6 Å². The zero-order chi connectivity index (χ0) is 16.5. The van der Waals surface area contributed by atoms with Gasteiger partial charge in [0.25, 0.3) is 0 Å². The van der Waals surface area contributed by atoms with Crippen molar-refractivity contribution < 1.29 is 19.1 Å². The van der Waals surface area contributed by atoms with Gasteiger partial charge in [0, 0.05) is 12.2 Å². The molecule has 1 rings (SSSR count). The molecule has 0 heterocycles. The normalized spacial score (nSPS) is 12.2. The van der Waals surface area contributed by atoms with E-state index in [0.717, 1.165) is 25.0 Å². The van der Waals surface area contributed by atoms with Crippen LogP contribution < -0.4 is 4.74 Å². The van der Waals surface area contributed by atoms with Crippen molar-refractivity contribution in [2.75, 3.05) is 6.61 Å². The van der Waals surface area contributed by atoms with E-state index in [-0.39, 0.29) is 15.8 Å². The molecule has 0 aliphatic rings. The third-order valence-corrected chi connectivity index (χ3v) is 3.58. The number of rotatable bonds is 7. The fourth-order valence-corrected chi connectivity index (χ4v) is 2.02. The Morgan fingerprint density at radius 1 is 1.23 bits per heavy atom. The topological polar surface area (TPSA) is 52.6 Å². The third-order valence-electron chi connectivity index (χ3n) is 2.77. The van der Waals surface area contributed by atoms with Crippen molar-refractivity contribution in [1.82, 2.24) is 0 Å². The fourth-order valence-electron chi connectivity index (χ4n) is 1.69. The van der Waals surface area contributed by atoms with Crippen molar-refractivity contribution in [2.24, 2.45) is 5.92 Å². The largest absolute Gasteiger partial charge is 0.462 e. The Bertz CT molecular complexity index is 555. The van der Waals surface area contributed by atoms with Crippen LogP contribution in [0, 0.1) is 5.92 Å². The molecule has 0 aliphatic heterocycles. The summed E-state index contributed by atoms with van der Waals surface area (Å²) in [4.78, 5) is 23.1. The second kappa shape index (κ2) is 9.49. The first-order valence-corrected chi connectivity index (χ1v) is 7.70. The number of hydrogen-bond donors (Lipinski definition) is 0. The van der Waals surface area contributed by atoms with Crippen LogP contribution in [0.4, 0.5) is 0 Å². The second-order valence-corrected chi connectivity index (χ2v) is 5.62. The molecule has 1 aromatic carbocycles. The van der Waals surface area contributed by atoms with E-state index < -0.39 is 11.9 Å². The van der Waals surface area contributed by atoms with E-state index in [1.165, 1.54) is 6.07 Å². The summed E-state index contributed by atoms with van der Waals surface area (Å²) in [6.45, 7) is 4.39. The molecule has 0 saturated carbocycles. The number of ether oxygens (including phenoxy) is 2. The summed E-state index contributed by atoms with van der Waals surface area (Å²) in [5, 5.41) is 0.419. The van der Waals surface area contributed by atoms with E-state index in [9.17, 15) is 9.59 Å². The lowest BCUT2D eigenvalue weighted by Crippen LogP contribution is -2.11. The minimum Gasteiger partial charge on any atom is -0.462 e. The third kappa shape index (κ3) is 6.50. The second-order valence-electron chi connectivity index (χ2n) is 4.83. The highest BCUT2D eigenvalue weighted by atomic mass is 35.5. The van der Waals surface area contributed by atoms with Gasteiger partial charge in [0.2, 0.25) is 0 Å². The number of hydrogen-bond acceptors (Lipinski definition) is 4. The molecule has 6 heteroatoms. The van der Waals surface area contributed by atoms with Crippen LogP contribution in [-0.4, -0.2) is 18.5 Å². The Balaban J connectivity index is 2.47. The molecule has 1 unspecified atom stereocenters. The zero-order valence-corrected chi connectivity index (χ0v) is 14.0.